The molecule has 0 aliphatic carbocycles. The van der Waals surface area contributed by atoms with E-state index in [9.17, 15) is 0 Å². The van der Waals surface area contributed by atoms with E-state index >= 15 is 0 Å². The van der Waals surface area contributed by atoms with Crippen LogP contribution in [0.2, 0.25) is 0 Å². The van der Waals surface area contributed by atoms with E-state index in [1.807, 2.05) is 0 Å². The molecule has 2 heteroatoms. The Labute approximate surface area is 106 Å². The number of rotatable bonds is 6. The standard InChI is InChI=1S/C15H26N2/c1-5-12(6-2)14(17-16)15(3,4)13-10-8-7-9-11-13/h7-12,14,17H,5-6,16H2,1-4H3. The molecule has 2 nitrogen and oxygen atoms in total. The lowest BCUT2D eigenvalue weighted by Crippen LogP contribution is -2.52. The van der Waals surface area contributed by atoms with Gasteiger partial charge in [-0.25, -0.2) is 0 Å². The van der Waals surface area contributed by atoms with E-state index < -0.39 is 0 Å². The van der Waals surface area contributed by atoms with E-state index in [1.54, 1.807) is 0 Å². The fourth-order valence-electron chi connectivity index (χ4n) is 2.74. The summed E-state index contributed by atoms with van der Waals surface area (Å²) in [4.78, 5) is 0. The van der Waals surface area contributed by atoms with Gasteiger partial charge in [0.05, 0.1) is 0 Å². The molecule has 1 rings (SSSR count). The lowest BCUT2D eigenvalue weighted by molar-refractivity contribution is 0.234. The molecule has 0 amide bonds. The summed E-state index contributed by atoms with van der Waals surface area (Å²) in [5.41, 5.74) is 4.43. The zero-order chi connectivity index (χ0) is 12.9. The molecular weight excluding hydrogens is 208 g/mol. The van der Waals surface area contributed by atoms with Gasteiger partial charge in [0.1, 0.15) is 0 Å². The molecule has 1 atom stereocenters. The average molecular weight is 234 g/mol. The molecule has 0 saturated heterocycles. The molecule has 96 valence electrons. The van der Waals surface area contributed by atoms with Gasteiger partial charge in [-0.1, -0.05) is 70.9 Å². The van der Waals surface area contributed by atoms with Crippen LogP contribution in [0.15, 0.2) is 30.3 Å². The van der Waals surface area contributed by atoms with Crippen molar-refractivity contribution >= 4 is 0 Å². The zero-order valence-corrected chi connectivity index (χ0v) is 11.5. The molecule has 0 saturated carbocycles. The molecule has 0 aliphatic heterocycles. The van der Waals surface area contributed by atoms with Crippen LogP contribution in [0.1, 0.15) is 46.1 Å². The summed E-state index contributed by atoms with van der Waals surface area (Å²) in [5, 5.41) is 0. The Kier molecular flexibility index (Phi) is 5.16. The maximum atomic E-state index is 5.80. The van der Waals surface area contributed by atoms with Crippen molar-refractivity contribution in [1.29, 1.82) is 0 Å². The normalized spacial score (nSPS) is 14.0. The number of hydrazine groups is 1. The Morgan fingerprint density at radius 3 is 2.06 bits per heavy atom. The summed E-state index contributed by atoms with van der Waals surface area (Å²) >= 11 is 0. The second-order valence-electron chi connectivity index (χ2n) is 5.31. The summed E-state index contributed by atoms with van der Waals surface area (Å²) in [6, 6.07) is 10.9. The summed E-state index contributed by atoms with van der Waals surface area (Å²) in [7, 11) is 0. The van der Waals surface area contributed by atoms with Crippen LogP contribution in [0.25, 0.3) is 0 Å². The number of nitrogens with one attached hydrogen (secondary N) is 1. The molecule has 1 aromatic carbocycles. The van der Waals surface area contributed by atoms with Crippen LogP contribution in [-0.2, 0) is 5.41 Å². The Bertz CT molecular complexity index is 315. The van der Waals surface area contributed by atoms with Crippen LogP contribution in [0.3, 0.4) is 0 Å². The smallest absolute Gasteiger partial charge is 0.0330 e. The van der Waals surface area contributed by atoms with Gasteiger partial charge in [0.25, 0.3) is 0 Å². The fourth-order valence-corrected chi connectivity index (χ4v) is 2.74. The van der Waals surface area contributed by atoms with E-state index in [-0.39, 0.29) is 5.41 Å². The van der Waals surface area contributed by atoms with Gasteiger partial charge < -0.3 is 0 Å². The quantitative estimate of drug-likeness (QED) is 0.586. The average Bonchev–Trinajstić information content (AvgIpc) is 2.36. The van der Waals surface area contributed by atoms with E-state index in [0.29, 0.717) is 12.0 Å². The molecule has 17 heavy (non-hydrogen) atoms. The van der Waals surface area contributed by atoms with Crippen LogP contribution in [0, 0.1) is 5.92 Å². The molecule has 0 aromatic heterocycles. The fraction of sp³-hybridized carbons (Fsp3) is 0.600. The van der Waals surface area contributed by atoms with Crippen LogP contribution in [0.5, 0.6) is 0 Å². The molecule has 0 bridgehead atoms. The Morgan fingerprint density at radius 2 is 1.65 bits per heavy atom. The number of hydrogen-bond donors (Lipinski definition) is 2. The van der Waals surface area contributed by atoms with Gasteiger partial charge >= 0.3 is 0 Å². The van der Waals surface area contributed by atoms with Crippen LogP contribution in [-0.4, -0.2) is 6.04 Å². The molecular formula is C15H26N2. The van der Waals surface area contributed by atoms with Crippen LogP contribution in [0.4, 0.5) is 0 Å². The predicted molar refractivity (Wildman–Crippen MR) is 74.7 cm³/mol. The molecule has 0 spiro atoms. The summed E-state index contributed by atoms with van der Waals surface area (Å²) in [5.74, 6) is 6.40. The molecule has 1 aromatic rings. The first-order valence-electron chi connectivity index (χ1n) is 6.59. The first-order valence-corrected chi connectivity index (χ1v) is 6.59. The van der Waals surface area contributed by atoms with Crippen molar-refractivity contribution in [1.82, 2.24) is 5.43 Å². The highest BCUT2D eigenvalue weighted by Gasteiger charge is 2.34. The first kappa shape index (κ1) is 14.2. The molecule has 0 heterocycles. The largest absolute Gasteiger partial charge is 0.271 e. The first-order chi connectivity index (χ1) is 8.07. The maximum absolute atomic E-state index is 5.80. The van der Waals surface area contributed by atoms with E-state index in [2.05, 4.69) is 63.5 Å². The number of benzene rings is 1. The van der Waals surface area contributed by atoms with Crippen molar-refractivity contribution in [2.45, 2.75) is 52.0 Å². The highest BCUT2D eigenvalue weighted by atomic mass is 15.2. The summed E-state index contributed by atoms with van der Waals surface area (Å²) in [6.07, 6.45) is 2.31. The van der Waals surface area contributed by atoms with Gasteiger partial charge in [0.2, 0.25) is 0 Å². The third kappa shape index (κ3) is 3.08. The van der Waals surface area contributed by atoms with Crippen molar-refractivity contribution in [3.05, 3.63) is 35.9 Å². The summed E-state index contributed by atoms with van der Waals surface area (Å²) in [6.45, 7) is 9.01. The predicted octanol–water partition coefficient (Wildman–Crippen LogP) is 3.23. The monoisotopic (exact) mass is 234 g/mol. The second-order valence-corrected chi connectivity index (χ2v) is 5.31. The number of nitrogens with two attached hydrogens (primary N) is 1. The van der Waals surface area contributed by atoms with E-state index in [4.69, 9.17) is 5.84 Å². The molecule has 0 fully saturated rings. The second kappa shape index (κ2) is 6.18. The van der Waals surface area contributed by atoms with Crippen molar-refractivity contribution in [3.63, 3.8) is 0 Å². The molecule has 0 radical (unpaired) electrons. The molecule has 0 aliphatic rings. The topological polar surface area (TPSA) is 38.0 Å². The Morgan fingerprint density at radius 1 is 1.12 bits per heavy atom. The Hall–Kier alpha value is -0.860. The van der Waals surface area contributed by atoms with Gasteiger partial charge in [-0.15, -0.1) is 0 Å². The van der Waals surface area contributed by atoms with Crippen molar-refractivity contribution in [2.75, 3.05) is 0 Å². The van der Waals surface area contributed by atoms with E-state index in [1.165, 1.54) is 5.56 Å². The minimum absolute atomic E-state index is 0.0483. The Balaban J connectivity index is 3.01. The van der Waals surface area contributed by atoms with Gasteiger partial charge in [-0.3, -0.25) is 11.3 Å². The zero-order valence-electron chi connectivity index (χ0n) is 11.5. The van der Waals surface area contributed by atoms with E-state index in [0.717, 1.165) is 12.8 Å². The van der Waals surface area contributed by atoms with Gasteiger partial charge in [0, 0.05) is 11.5 Å². The highest BCUT2D eigenvalue weighted by molar-refractivity contribution is 5.26. The van der Waals surface area contributed by atoms with Crippen molar-refractivity contribution in [2.24, 2.45) is 11.8 Å². The lowest BCUT2D eigenvalue weighted by atomic mass is 9.71. The third-order valence-electron chi connectivity index (χ3n) is 4.00. The maximum Gasteiger partial charge on any atom is 0.0330 e. The van der Waals surface area contributed by atoms with Crippen LogP contribution < -0.4 is 11.3 Å². The SMILES string of the molecule is CCC(CC)C(NN)C(C)(C)c1ccccc1. The van der Waals surface area contributed by atoms with Gasteiger partial charge in [-0.05, 0) is 11.5 Å². The molecule has 3 N–H and O–H groups in total. The van der Waals surface area contributed by atoms with Crippen molar-refractivity contribution in [3.8, 4) is 0 Å². The van der Waals surface area contributed by atoms with Crippen molar-refractivity contribution < 1.29 is 0 Å². The van der Waals surface area contributed by atoms with Crippen LogP contribution >= 0.6 is 0 Å². The highest BCUT2D eigenvalue weighted by Crippen LogP contribution is 2.32. The van der Waals surface area contributed by atoms with Gasteiger partial charge in [0.15, 0.2) is 0 Å². The number of hydrogen-bond acceptors (Lipinski definition) is 2. The minimum atomic E-state index is 0.0483. The minimum Gasteiger partial charge on any atom is -0.271 e. The lowest BCUT2D eigenvalue weighted by Gasteiger charge is -2.39. The third-order valence-corrected chi connectivity index (χ3v) is 4.00. The van der Waals surface area contributed by atoms with Gasteiger partial charge in [-0.2, -0.15) is 0 Å². The molecule has 1 unspecified atom stereocenters. The summed E-state index contributed by atoms with van der Waals surface area (Å²) < 4.78 is 0.